The van der Waals surface area contributed by atoms with Crippen LogP contribution in [0, 0.1) is 0 Å². The van der Waals surface area contributed by atoms with E-state index in [1.165, 1.54) is 27.6 Å². The molecule has 51 heavy (non-hydrogen) atoms. The van der Waals surface area contributed by atoms with Gasteiger partial charge in [-0.25, -0.2) is 15.0 Å². The lowest BCUT2D eigenvalue weighted by Crippen LogP contribution is -2.03. The fourth-order valence-electron chi connectivity index (χ4n) is 7.61. The van der Waals surface area contributed by atoms with Crippen LogP contribution in [0.5, 0.6) is 0 Å². The predicted octanol–water partition coefficient (Wildman–Crippen LogP) is 12.2. The van der Waals surface area contributed by atoms with Crippen molar-refractivity contribution >= 4 is 38.8 Å². The van der Waals surface area contributed by atoms with E-state index in [9.17, 15) is 0 Å². The topological polar surface area (TPSA) is 51.8 Å². The quantitative estimate of drug-likeness (QED) is 0.185. The van der Waals surface area contributed by atoms with Crippen LogP contribution in [0.2, 0.25) is 0 Å². The van der Waals surface area contributed by atoms with E-state index in [-0.39, 0.29) is 0 Å². The maximum absolute atomic E-state index is 6.54. The van der Waals surface area contributed by atoms with Gasteiger partial charge in [-0.2, -0.15) is 0 Å². The third kappa shape index (κ3) is 5.03. The van der Waals surface area contributed by atoms with Gasteiger partial charge < -0.3 is 4.42 Å². The molecule has 0 saturated heterocycles. The maximum atomic E-state index is 6.54. The van der Waals surface area contributed by atoms with E-state index in [4.69, 9.17) is 19.4 Å². The number of benzene rings is 7. The summed E-state index contributed by atoms with van der Waals surface area (Å²) in [7, 11) is 0. The van der Waals surface area contributed by atoms with Gasteiger partial charge in [0.2, 0.25) is 0 Å². The van der Waals surface area contributed by atoms with E-state index in [1.54, 1.807) is 0 Å². The summed E-state index contributed by atoms with van der Waals surface area (Å²) in [6.07, 6.45) is 6.57. The average Bonchev–Trinajstić information content (AvgIpc) is 3.60. The van der Waals surface area contributed by atoms with E-state index in [0.717, 1.165) is 68.0 Å². The highest BCUT2D eigenvalue weighted by molar-refractivity contribution is 6.17. The molecule has 0 amide bonds. The minimum absolute atomic E-state index is 0.610. The van der Waals surface area contributed by atoms with Crippen molar-refractivity contribution in [2.75, 3.05) is 0 Å². The van der Waals surface area contributed by atoms with Gasteiger partial charge in [0.05, 0.1) is 0 Å². The monoisotopic (exact) mass is 653 g/mol. The maximum Gasteiger partial charge on any atom is 0.164 e. The highest BCUT2D eigenvalue weighted by Gasteiger charge is 2.22. The Morgan fingerprint density at radius 2 is 1.00 bits per heavy atom. The normalized spacial score (nSPS) is 12.5. The molecule has 0 N–H and O–H groups in total. The molecule has 7 aromatic carbocycles. The molecule has 0 spiro atoms. The van der Waals surface area contributed by atoms with Crippen molar-refractivity contribution in [3.63, 3.8) is 0 Å². The first kappa shape index (κ1) is 29.3. The number of furan rings is 1. The van der Waals surface area contributed by atoms with Crippen molar-refractivity contribution in [2.24, 2.45) is 0 Å². The Kier molecular flexibility index (Phi) is 6.91. The molecule has 0 fully saturated rings. The van der Waals surface area contributed by atoms with Crippen LogP contribution in [0.25, 0.3) is 95.2 Å². The fourth-order valence-corrected chi connectivity index (χ4v) is 7.61. The fraction of sp³-hybridized carbons (Fsp3) is 0.0426. The Hall–Kier alpha value is -6.65. The van der Waals surface area contributed by atoms with E-state index in [0.29, 0.717) is 17.5 Å². The van der Waals surface area contributed by atoms with Crippen molar-refractivity contribution < 1.29 is 4.42 Å². The molecule has 0 unspecified atom stereocenters. The highest BCUT2D eigenvalue weighted by atomic mass is 16.3. The van der Waals surface area contributed by atoms with E-state index < -0.39 is 0 Å². The molecule has 9 aromatic rings. The molecule has 240 valence electrons. The Balaban J connectivity index is 1.21. The van der Waals surface area contributed by atoms with Gasteiger partial charge in [0.15, 0.2) is 17.5 Å². The number of nitrogens with zero attached hydrogens (tertiary/aromatic N) is 3. The smallest absolute Gasteiger partial charge is 0.164 e. The SMILES string of the molecule is C1=Cc2cc(-c3nc(-c4ccccc4)nc(-c4cccc5oc6cccc(-c7ccc(-c8ccccc8)cc7)c6c45)n3)c3ccccc3c2CC1. The molecular weight excluding hydrogens is 623 g/mol. The number of fused-ring (bicyclic) bond motifs is 6. The molecule has 4 nitrogen and oxygen atoms in total. The van der Waals surface area contributed by atoms with Gasteiger partial charge in [-0.3, -0.25) is 0 Å². The zero-order valence-corrected chi connectivity index (χ0v) is 27.8. The molecule has 2 heterocycles. The van der Waals surface area contributed by atoms with Crippen LogP contribution in [0.1, 0.15) is 17.5 Å². The van der Waals surface area contributed by atoms with E-state index in [2.05, 4.69) is 121 Å². The second kappa shape index (κ2) is 12.0. The molecule has 1 aliphatic carbocycles. The Morgan fingerprint density at radius 1 is 0.431 bits per heavy atom. The molecular formula is C47H31N3O. The van der Waals surface area contributed by atoms with Crippen molar-refractivity contribution in [1.29, 1.82) is 0 Å². The summed E-state index contributed by atoms with van der Waals surface area (Å²) in [5.74, 6) is 1.89. The summed E-state index contributed by atoms with van der Waals surface area (Å²) in [5, 5.41) is 4.44. The number of hydrogen-bond donors (Lipinski definition) is 0. The molecule has 0 aliphatic heterocycles. The van der Waals surface area contributed by atoms with Gasteiger partial charge in [0, 0.05) is 27.5 Å². The van der Waals surface area contributed by atoms with Gasteiger partial charge in [0.1, 0.15) is 11.2 Å². The summed E-state index contributed by atoms with van der Waals surface area (Å²) in [6, 6.07) is 52.8. The minimum atomic E-state index is 0.610. The van der Waals surface area contributed by atoms with Gasteiger partial charge in [-0.1, -0.05) is 146 Å². The van der Waals surface area contributed by atoms with Crippen LogP contribution >= 0.6 is 0 Å². The lowest BCUT2D eigenvalue weighted by atomic mass is 9.89. The van der Waals surface area contributed by atoms with Crippen molar-refractivity contribution in [3.05, 3.63) is 169 Å². The Labute approximate surface area is 295 Å². The summed E-state index contributed by atoms with van der Waals surface area (Å²) in [6.45, 7) is 0. The van der Waals surface area contributed by atoms with Gasteiger partial charge in [-0.15, -0.1) is 0 Å². The number of allylic oxidation sites excluding steroid dienone is 1. The summed E-state index contributed by atoms with van der Waals surface area (Å²) < 4.78 is 6.54. The number of aryl methyl sites for hydroxylation is 1. The Bertz CT molecular complexity index is 2780. The number of rotatable bonds is 5. The van der Waals surface area contributed by atoms with Crippen LogP contribution in [0.4, 0.5) is 0 Å². The van der Waals surface area contributed by atoms with Crippen molar-refractivity contribution in [2.45, 2.75) is 12.8 Å². The summed E-state index contributed by atoms with van der Waals surface area (Å²) >= 11 is 0. The van der Waals surface area contributed by atoms with Gasteiger partial charge in [-0.05, 0) is 75.2 Å². The van der Waals surface area contributed by atoms with E-state index in [1.807, 2.05) is 42.5 Å². The highest BCUT2D eigenvalue weighted by Crippen LogP contribution is 2.42. The lowest BCUT2D eigenvalue weighted by Gasteiger charge is -2.17. The molecule has 0 bridgehead atoms. The van der Waals surface area contributed by atoms with E-state index >= 15 is 0 Å². The van der Waals surface area contributed by atoms with Crippen LogP contribution < -0.4 is 0 Å². The predicted molar refractivity (Wildman–Crippen MR) is 209 cm³/mol. The second-order valence-electron chi connectivity index (χ2n) is 13.1. The number of hydrogen-bond acceptors (Lipinski definition) is 4. The van der Waals surface area contributed by atoms with Gasteiger partial charge >= 0.3 is 0 Å². The Morgan fingerprint density at radius 3 is 1.75 bits per heavy atom. The third-order valence-electron chi connectivity index (χ3n) is 10.0. The van der Waals surface area contributed by atoms with Crippen LogP contribution in [0.3, 0.4) is 0 Å². The summed E-state index contributed by atoms with van der Waals surface area (Å²) in [5.41, 5.74) is 11.7. The standard InChI is InChI=1S/C47H31N3O/c1-3-13-30(14-4-1)31-25-27-32(28-26-31)36-21-11-23-41-43(36)44-39(22-12-24-42(44)51-41)46-48-45(33-15-5-2-6-16-33)49-47(50-46)40-29-34-17-7-8-18-35(34)37-19-9-10-20-38(37)40/h1-7,9-17,19-29H,8,18H2. The zero-order chi connectivity index (χ0) is 33.7. The van der Waals surface area contributed by atoms with Crippen LogP contribution in [0.15, 0.2) is 162 Å². The first-order valence-corrected chi connectivity index (χ1v) is 17.4. The van der Waals surface area contributed by atoms with Crippen LogP contribution in [-0.4, -0.2) is 15.0 Å². The number of aromatic nitrogens is 3. The first-order chi connectivity index (χ1) is 25.3. The zero-order valence-electron chi connectivity index (χ0n) is 27.8. The third-order valence-corrected chi connectivity index (χ3v) is 10.0. The lowest BCUT2D eigenvalue weighted by molar-refractivity contribution is 0.669. The molecule has 0 atom stereocenters. The molecule has 0 radical (unpaired) electrons. The second-order valence-corrected chi connectivity index (χ2v) is 13.1. The molecule has 2 aromatic heterocycles. The molecule has 10 rings (SSSR count). The summed E-state index contributed by atoms with van der Waals surface area (Å²) in [4.78, 5) is 15.6. The van der Waals surface area contributed by atoms with Crippen LogP contribution in [-0.2, 0) is 6.42 Å². The molecule has 4 heteroatoms. The van der Waals surface area contributed by atoms with Gasteiger partial charge in [0.25, 0.3) is 0 Å². The first-order valence-electron chi connectivity index (χ1n) is 17.4. The minimum Gasteiger partial charge on any atom is -0.456 e. The van der Waals surface area contributed by atoms with Crippen molar-refractivity contribution in [1.82, 2.24) is 15.0 Å². The molecule has 1 aliphatic rings. The van der Waals surface area contributed by atoms with Crippen molar-refractivity contribution in [3.8, 4) is 56.4 Å². The molecule has 0 saturated carbocycles. The average molecular weight is 654 g/mol. The largest absolute Gasteiger partial charge is 0.456 e.